The molecule has 1 amide bonds. The van der Waals surface area contributed by atoms with Crippen LogP contribution >= 0.6 is 0 Å². The van der Waals surface area contributed by atoms with E-state index < -0.39 is 24.1 Å². The number of carboxylic acids is 1. The van der Waals surface area contributed by atoms with Gasteiger partial charge in [0, 0.05) is 6.42 Å². The van der Waals surface area contributed by atoms with Crippen molar-refractivity contribution in [2.45, 2.75) is 51.9 Å². The molecule has 1 aromatic rings. The van der Waals surface area contributed by atoms with Crippen LogP contribution in [0.2, 0.25) is 0 Å². The third kappa shape index (κ3) is 7.62. The molecule has 0 aliphatic carbocycles. The predicted molar refractivity (Wildman–Crippen MR) is 86.3 cm³/mol. The molecule has 0 saturated carbocycles. The lowest BCUT2D eigenvalue weighted by Gasteiger charge is -2.19. The molecule has 0 saturated heterocycles. The number of rotatable bonds is 9. The van der Waals surface area contributed by atoms with Crippen LogP contribution in [0.3, 0.4) is 0 Å². The van der Waals surface area contributed by atoms with E-state index in [4.69, 9.17) is 14.6 Å². The molecule has 1 rings (SSSR count). The third-order valence-corrected chi connectivity index (χ3v) is 3.33. The van der Waals surface area contributed by atoms with Crippen LogP contribution in [0.15, 0.2) is 30.3 Å². The monoisotopic (exact) mass is 337 g/mol. The maximum atomic E-state index is 12.0. The quantitative estimate of drug-likeness (QED) is 0.671. The average Bonchev–Trinajstić information content (AvgIpc) is 2.57. The minimum absolute atomic E-state index is 0.0543. The Morgan fingerprint density at radius 1 is 1.21 bits per heavy atom. The number of amides is 1. The number of nitrogens with one attached hydrogen (secondary N) is 1. The van der Waals surface area contributed by atoms with Crippen molar-refractivity contribution in [2.75, 3.05) is 0 Å². The van der Waals surface area contributed by atoms with Crippen molar-refractivity contribution >= 4 is 18.0 Å². The summed E-state index contributed by atoms with van der Waals surface area (Å²) in [5.41, 5.74) is 0.803. The summed E-state index contributed by atoms with van der Waals surface area (Å²) in [7, 11) is 0. The minimum Gasteiger partial charge on any atom is -0.481 e. The highest BCUT2D eigenvalue weighted by molar-refractivity contribution is 5.82. The molecule has 0 fully saturated rings. The van der Waals surface area contributed by atoms with E-state index in [2.05, 4.69) is 5.32 Å². The van der Waals surface area contributed by atoms with E-state index in [1.54, 1.807) is 19.1 Å². The summed E-state index contributed by atoms with van der Waals surface area (Å²) < 4.78 is 10.2. The number of ether oxygens (including phenoxy) is 2. The van der Waals surface area contributed by atoms with E-state index in [9.17, 15) is 14.4 Å². The van der Waals surface area contributed by atoms with Gasteiger partial charge in [0.2, 0.25) is 0 Å². The van der Waals surface area contributed by atoms with Gasteiger partial charge in [-0.1, -0.05) is 37.3 Å². The molecule has 2 N–H and O–H groups in total. The highest BCUT2D eigenvalue weighted by atomic mass is 16.6. The SMILES string of the molecule is CCC(C)OC(=O)[C@H](CCC(=O)O)NC(=O)OCc1ccccc1. The largest absolute Gasteiger partial charge is 0.481 e. The summed E-state index contributed by atoms with van der Waals surface area (Å²) in [6.45, 7) is 3.63. The molecule has 0 aromatic heterocycles. The smallest absolute Gasteiger partial charge is 0.408 e. The highest BCUT2D eigenvalue weighted by Crippen LogP contribution is 2.06. The van der Waals surface area contributed by atoms with Gasteiger partial charge in [-0.2, -0.15) is 0 Å². The third-order valence-electron chi connectivity index (χ3n) is 3.33. The molecule has 2 atom stereocenters. The lowest BCUT2D eigenvalue weighted by Crippen LogP contribution is -2.43. The van der Waals surface area contributed by atoms with Crippen molar-refractivity contribution < 1.29 is 29.0 Å². The Hall–Kier alpha value is -2.57. The highest BCUT2D eigenvalue weighted by Gasteiger charge is 2.25. The molecule has 24 heavy (non-hydrogen) atoms. The number of esters is 1. The summed E-state index contributed by atoms with van der Waals surface area (Å²) in [4.78, 5) is 34.6. The Kier molecular flexibility index (Phi) is 8.32. The first-order valence-electron chi connectivity index (χ1n) is 7.81. The molecule has 0 spiro atoms. The van der Waals surface area contributed by atoms with E-state index >= 15 is 0 Å². The second kappa shape index (κ2) is 10.3. The second-order valence-electron chi connectivity index (χ2n) is 5.35. The van der Waals surface area contributed by atoms with E-state index in [0.717, 1.165) is 5.56 Å². The zero-order valence-electron chi connectivity index (χ0n) is 13.9. The molecule has 7 heteroatoms. The zero-order chi connectivity index (χ0) is 17.9. The molecule has 7 nitrogen and oxygen atoms in total. The number of aliphatic carboxylic acids is 1. The molecule has 0 aliphatic heterocycles. The summed E-state index contributed by atoms with van der Waals surface area (Å²) in [6.07, 6.45) is -0.817. The van der Waals surface area contributed by atoms with Gasteiger partial charge >= 0.3 is 18.0 Å². The molecule has 132 valence electrons. The van der Waals surface area contributed by atoms with Crippen LogP contribution in [-0.4, -0.2) is 35.3 Å². The predicted octanol–water partition coefficient (Wildman–Crippen LogP) is 2.49. The Bertz CT molecular complexity index is 545. The molecule has 0 radical (unpaired) electrons. The first-order valence-corrected chi connectivity index (χ1v) is 7.81. The van der Waals surface area contributed by atoms with Crippen molar-refractivity contribution in [3.05, 3.63) is 35.9 Å². The maximum Gasteiger partial charge on any atom is 0.408 e. The normalized spacial score (nSPS) is 12.8. The molecular formula is C17H23NO6. The standard InChI is InChI=1S/C17H23NO6/c1-3-12(2)24-16(21)14(9-10-15(19)20)18-17(22)23-11-13-7-5-4-6-8-13/h4-8,12,14H,3,9-11H2,1-2H3,(H,18,22)(H,19,20)/t12?,14-/m0/s1. The van der Waals surface area contributed by atoms with Crippen LogP contribution in [0.25, 0.3) is 0 Å². The van der Waals surface area contributed by atoms with Crippen molar-refractivity contribution in [1.82, 2.24) is 5.32 Å². The molecule has 1 aromatic carbocycles. The van der Waals surface area contributed by atoms with Gasteiger partial charge in [-0.05, 0) is 25.3 Å². The maximum absolute atomic E-state index is 12.0. The number of alkyl carbamates (subject to hydrolysis) is 1. The van der Waals surface area contributed by atoms with Gasteiger partial charge in [-0.3, -0.25) is 4.79 Å². The van der Waals surface area contributed by atoms with Gasteiger partial charge in [0.25, 0.3) is 0 Å². The molecule has 0 heterocycles. The van der Waals surface area contributed by atoms with Crippen LogP contribution in [-0.2, 0) is 25.7 Å². The average molecular weight is 337 g/mol. The molecule has 0 bridgehead atoms. The summed E-state index contributed by atoms with van der Waals surface area (Å²) in [5.74, 6) is -1.72. The van der Waals surface area contributed by atoms with Gasteiger partial charge in [0.05, 0.1) is 6.10 Å². The molecular weight excluding hydrogens is 314 g/mol. The van der Waals surface area contributed by atoms with Crippen LogP contribution in [0.1, 0.15) is 38.7 Å². The number of benzene rings is 1. The molecule has 0 aliphatic rings. The number of carbonyl (C=O) groups is 3. The Morgan fingerprint density at radius 3 is 2.46 bits per heavy atom. The van der Waals surface area contributed by atoms with Crippen LogP contribution in [0.4, 0.5) is 4.79 Å². The van der Waals surface area contributed by atoms with Crippen LogP contribution < -0.4 is 5.32 Å². The summed E-state index contributed by atoms with van der Waals surface area (Å²) >= 11 is 0. The molecule has 1 unspecified atom stereocenters. The number of hydrogen-bond donors (Lipinski definition) is 2. The van der Waals surface area contributed by atoms with Crippen LogP contribution in [0.5, 0.6) is 0 Å². The van der Waals surface area contributed by atoms with Gasteiger partial charge < -0.3 is 19.9 Å². The first-order chi connectivity index (χ1) is 11.4. The Balaban J connectivity index is 2.56. The van der Waals surface area contributed by atoms with Crippen molar-refractivity contribution in [3.63, 3.8) is 0 Å². The van der Waals surface area contributed by atoms with Crippen molar-refractivity contribution in [3.8, 4) is 0 Å². The van der Waals surface area contributed by atoms with Crippen LogP contribution in [0, 0.1) is 0 Å². The number of carbonyl (C=O) groups excluding carboxylic acids is 2. The van der Waals surface area contributed by atoms with Gasteiger partial charge in [0.1, 0.15) is 12.6 Å². The number of hydrogen-bond acceptors (Lipinski definition) is 5. The minimum atomic E-state index is -1.06. The fourth-order valence-corrected chi connectivity index (χ4v) is 1.79. The lowest BCUT2D eigenvalue weighted by molar-refractivity contribution is -0.151. The van der Waals surface area contributed by atoms with Gasteiger partial charge in [-0.25, -0.2) is 9.59 Å². The van der Waals surface area contributed by atoms with Crippen molar-refractivity contribution in [1.29, 1.82) is 0 Å². The van der Waals surface area contributed by atoms with E-state index in [1.165, 1.54) is 0 Å². The first kappa shape index (κ1) is 19.5. The van der Waals surface area contributed by atoms with E-state index in [-0.39, 0.29) is 25.6 Å². The topological polar surface area (TPSA) is 102 Å². The lowest BCUT2D eigenvalue weighted by atomic mass is 10.1. The second-order valence-corrected chi connectivity index (χ2v) is 5.35. The summed E-state index contributed by atoms with van der Waals surface area (Å²) in [5, 5.41) is 11.1. The van der Waals surface area contributed by atoms with E-state index in [1.807, 2.05) is 25.1 Å². The Morgan fingerprint density at radius 2 is 1.88 bits per heavy atom. The van der Waals surface area contributed by atoms with Gasteiger partial charge in [0.15, 0.2) is 0 Å². The zero-order valence-corrected chi connectivity index (χ0v) is 13.9. The van der Waals surface area contributed by atoms with Gasteiger partial charge in [-0.15, -0.1) is 0 Å². The Labute approximate surface area is 141 Å². The van der Waals surface area contributed by atoms with Crippen molar-refractivity contribution in [2.24, 2.45) is 0 Å². The number of carboxylic acid groups (broad SMARTS) is 1. The van der Waals surface area contributed by atoms with E-state index in [0.29, 0.717) is 6.42 Å². The fourth-order valence-electron chi connectivity index (χ4n) is 1.79. The summed E-state index contributed by atoms with van der Waals surface area (Å²) in [6, 6.07) is 8.01. The fraction of sp³-hybridized carbons (Fsp3) is 0.471.